The van der Waals surface area contributed by atoms with Crippen molar-refractivity contribution < 1.29 is 9.47 Å². The highest BCUT2D eigenvalue weighted by atomic mass is 16.7. The third-order valence-electron chi connectivity index (χ3n) is 3.02. The van der Waals surface area contributed by atoms with Gasteiger partial charge in [-0.2, -0.15) is 0 Å². The Labute approximate surface area is 116 Å². The van der Waals surface area contributed by atoms with Crippen LogP contribution >= 0.6 is 0 Å². The van der Waals surface area contributed by atoms with Crippen LogP contribution in [0.4, 0.5) is 17.3 Å². The normalized spacial score (nSPS) is 12.2. The molecule has 0 spiro atoms. The van der Waals surface area contributed by atoms with Gasteiger partial charge in [0.1, 0.15) is 12.0 Å². The molecule has 0 aliphatic carbocycles. The maximum atomic E-state index is 5.95. The van der Waals surface area contributed by atoms with Crippen molar-refractivity contribution in [3.63, 3.8) is 0 Å². The first-order chi connectivity index (χ1) is 9.78. The van der Waals surface area contributed by atoms with Gasteiger partial charge in [-0.3, -0.25) is 0 Å². The van der Waals surface area contributed by atoms with E-state index in [4.69, 9.17) is 15.2 Å². The highest BCUT2D eigenvalue weighted by Gasteiger charge is 2.13. The van der Waals surface area contributed by atoms with Gasteiger partial charge in [-0.15, -0.1) is 0 Å². The van der Waals surface area contributed by atoms with Crippen LogP contribution in [0.3, 0.4) is 0 Å². The zero-order chi connectivity index (χ0) is 13.9. The Bertz CT molecular complexity index is 632. The molecular formula is C13H15N5O2. The lowest BCUT2D eigenvalue weighted by atomic mass is 10.2. The molecule has 2 aromatic rings. The number of aromatic nitrogens is 2. The summed E-state index contributed by atoms with van der Waals surface area (Å²) in [5.74, 6) is 2.74. The fourth-order valence-electron chi connectivity index (χ4n) is 1.97. The third kappa shape index (κ3) is 2.25. The van der Waals surface area contributed by atoms with Gasteiger partial charge in [-0.05, 0) is 17.7 Å². The second-order valence-electron chi connectivity index (χ2n) is 4.28. The quantitative estimate of drug-likeness (QED) is 0.776. The minimum Gasteiger partial charge on any atom is -0.454 e. The number of nitrogen functional groups attached to an aromatic ring is 1. The lowest BCUT2D eigenvalue weighted by Crippen LogP contribution is -2.08. The molecule has 1 aliphatic heterocycles. The van der Waals surface area contributed by atoms with Gasteiger partial charge >= 0.3 is 0 Å². The Morgan fingerprint density at radius 1 is 1.20 bits per heavy atom. The van der Waals surface area contributed by atoms with Crippen LogP contribution in [0.5, 0.6) is 11.5 Å². The lowest BCUT2D eigenvalue weighted by molar-refractivity contribution is 0.174. The van der Waals surface area contributed by atoms with Crippen molar-refractivity contribution in [3.05, 3.63) is 30.1 Å². The molecule has 0 atom stereocenters. The Hall–Kier alpha value is -2.70. The summed E-state index contributed by atoms with van der Waals surface area (Å²) < 4.78 is 10.6. The van der Waals surface area contributed by atoms with Crippen LogP contribution < -0.4 is 25.8 Å². The van der Waals surface area contributed by atoms with E-state index in [0.717, 1.165) is 17.1 Å². The van der Waals surface area contributed by atoms with Gasteiger partial charge < -0.3 is 25.8 Å². The van der Waals surface area contributed by atoms with Gasteiger partial charge in [0.2, 0.25) is 6.79 Å². The first kappa shape index (κ1) is 12.3. The van der Waals surface area contributed by atoms with Crippen LogP contribution in [0.1, 0.15) is 5.56 Å². The number of hydrogen-bond acceptors (Lipinski definition) is 7. The van der Waals surface area contributed by atoms with Gasteiger partial charge in [0.05, 0.1) is 0 Å². The first-order valence-corrected chi connectivity index (χ1v) is 6.18. The van der Waals surface area contributed by atoms with Crippen LogP contribution in [-0.4, -0.2) is 23.8 Å². The first-order valence-electron chi connectivity index (χ1n) is 6.18. The molecular weight excluding hydrogens is 258 g/mol. The minimum absolute atomic E-state index is 0.274. The summed E-state index contributed by atoms with van der Waals surface area (Å²) >= 11 is 0. The fourth-order valence-corrected chi connectivity index (χ4v) is 1.97. The van der Waals surface area contributed by atoms with Gasteiger partial charge in [0.25, 0.3) is 0 Å². The Balaban J connectivity index is 1.73. The smallest absolute Gasteiger partial charge is 0.231 e. The Kier molecular flexibility index (Phi) is 3.16. The molecule has 2 heterocycles. The standard InChI is InChI=1S/C13H15N5O2/c1-15-12-11(14)13(18-6-17-12)16-5-8-2-3-9-10(4-8)20-7-19-9/h2-4,6H,5,7,14H2,1H3,(H2,15,16,17,18). The van der Waals surface area contributed by atoms with Crippen LogP contribution in [-0.2, 0) is 6.54 Å². The topological polar surface area (TPSA) is 94.3 Å². The number of hydrogen-bond donors (Lipinski definition) is 3. The van der Waals surface area contributed by atoms with Crippen molar-refractivity contribution in [1.29, 1.82) is 0 Å². The predicted octanol–water partition coefficient (Wildman–Crippen LogP) is 1.44. The molecule has 7 nitrogen and oxygen atoms in total. The number of nitrogens with zero attached hydrogens (tertiary/aromatic N) is 2. The second kappa shape index (κ2) is 5.12. The molecule has 0 bridgehead atoms. The largest absolute Gasteiger partial charge is 0.454 e. The summed E-state index contributed by atoms with van der Waals surface area (Å²) in [6.45, 7) is 0.859. The van der Waals surface area contributed by atoms with Crippen LogP contribution in [0, 0.1) is 0 Å². The maximum absolute atomic E-state index is 5.95. The average Bonchev–Trinajstić information content (AvgIpc) is 2.93. The highest BCUT2D eigenvalue weighted by Crippen LogP contribution is 2.32. The molecule has 20 heavy (non-hydrogen) atoms. The van der Waals surface area contributed by atoms with Crippen molar-refractivity contribution in [3.8, 4) is 11.5 Å². The van der Waals surface area contributed by atoms with Crippen LogP contribution in [0.15, 0.2) is 24.5 Å². The van der Waals surface area contributed by atoms with Gasteiger partial charge in [0, 0.05) is 13.6 Å². The van der Waals surface area contributed by atoms with E-state index in [0.29, 0.717) is 23.9 Å². The average molecular weight is 273 g/mol. The Morgan fingerprint density at radius 2 is 2.00 bits per heavy atom. The number of anilines is 3. The molecule has 0 radical (unpaired) electrons. The number of nitrogens with one attached hydrogen (secondary N) is 2. The molecule has 7 heteroatoms. The monoisotopic (exact) mass is 273 g/mol. The summed E-state index contributed by atoms with van der Waals surface area (Å²) in [6.07, 6.45) is 1.46. The summed E-state index contributed by atoms with van der Waals surface area (Å²) in [5.41, 5.74) is 7.50. The van der Waals surface area contributed by atoms with Crippen molar-refractivity contribution in [2.24, 2.45) is 0 Å². The van der Waals surface area contributed by atoms with E-state index in [9.17, 15) is 0 Å². The molecule has 0 amide bonds. The molecule has 4 N–H and O–H groups in total. The van der Waals surface area contributed by atoms with E-state index < -0.39 is 0 Å². The Morgan fingerprint density at radius 3 is 2.85 bits per heavy atom. The van der Waals surface area contributed by atoms with Crippen LogP contribution in [0.25, 0.3) is 0 Å². The van der Waals surface area contributed by atoms with E-state index >= 15 is 0 Å². The number of fused-ring (bicyclic) bond motifs is 1. The van der Waals surface area contributed by atoms with Crippen molar-refractivity contribution >= 4 is 17.3 Å². The van der Waals surface area contributed by atoms with Gasteiger partial charge in [-0.25, -0.2) is 9.97 Å². The fraction of sp³-hybridized carbons (Fsp3) is 0.231. The number of rotatable bonds is 4. The summed E-state index contributed by atoms with van der Waals surface area (Å²) in [6, 6.07) is 5.80. The van der Waals surface area contributed by atoms with E-state index in [1.165, 1.54) is 6.33 Å². The minimum atomic E-state index is 0.274. The molecule has 0 unspecified atom stereocenters. The molecule has 0 saturated heterocycles. The summed E-state index contributed by atoms with van der Waals surface area (Å²) in [4.78, 5) is 8.17. The highest BCUT2D eigenvalue weighted by molar-refractivity contribution is 5.73. The zero-order valence-electron chi connectivity index (χ0n) is 11.0. The maximum Gasteiger partial charge on any atom is 0.231 e. The number of benzene rings is 1. The molecule has 1 aliphatic rings. The molecule has 1 aromatic carbocycles. The zero-order valence-corrected chi connectivity index (χ0v) is 11.0. The van der Waals surface area contributed by atoms with Gasteiger partial charge in [0.15, 0.2) is 23.1 Å². The third-order valence-corrected chi connectivity index (χ3v) is 3.02. The van der Waals surface area contributed by atoms with Crippen LogP contribution in [0.2, 0.25) is 0 Å². The SMILES string of the molecule is CNc1ncnc(NCc2ccc3c(c2)OCO3)c1N. The molecule has 1 aromatic heterocycles. The van der Waals surface area contributed by atoms with E-state index in [2.05, 4.69) is 20.6 Å². The predicted molar refractivity (Wildman–Crippen MR) is 75.9 cm³/mol. The molecule has 104 valence electrons. The molecule has 0 saturated carbocycles. The summed E-state index contributed by atoms with van der Waals surface area (Å²) in [7, 11) is 1.76. The van der Waals surface area contributed by atoms with E-state index in [1.807, 2.05) is 18.2 Å². The second-order valence-corrected chi connectivity index (χ2v) is 4.28. The number of nitrogens with two attached hydrogens (primary N) is 1. The van der Waals surface area contributed by atoms with Gasteiger partial charge in [-0.1, -0.05) is 6.07 Å². The lowest BCUT2D eigenvalue weighted by Gasteiger charge is -2.11. The van der Waals surface area contributed by atoms with Crippen molar-refractivity contribution in [2.45, 2.75) is 6.54 Å². The number of ether oxygens (including phenoxy) is 2. The molecule has 0 fully saturated rings. The molecule has 3 rings (SSSR count). The van der Waals surface area contributed by atoms with E-state index in [-0.39, 0.29) is 6.79 Å². The van der Waals surface area contributed by atoms with E-state index in [1.54, 1.807) is 7.05 Å². The van der Waals surface area contributed by atoms with Crippen molar-refractivity contribution in [1.82, 2.24) is 9.97 Å². The summed E-state index contributed by atoms with van der Waals surface area (Å²) in [5, 5.41) is 6.10. The van der Waals surface area contributed by atoms with Crippen molar-refractivity contribution in [2.75, 3.05) is 30.2 Å².